The number of nitrogens with two attached hydrogens (primary N) is 2. The second-order valence-corrected chi connectivity index (χ2v) is 5.23. The van der Waals surface area contributed by atoms with Crippen molar-refractivity contribution in [3.8, 4) is 0 Å². The first-order valence-corrected chi connectivity index (χ1v) is 6.81. The van der Waals surface area contributed by atoms with Gasteiger partial charge in [0.15, 0.2) is 0 Å². The quantitative estimate of drug-likeness (QED) is 0.875. The Labute approximate surface area is 117 Å². The van der Waals surface area contributed by atoms with Gasteiger partial charge in [0, 0.05) is 31.2 Å². The number of carbonyl (C=O) groups is 1. The summed E-state index contributed by atoms with van der Waals surface area (Å²) in [5.74, 6) is 0.672. The lowest BCUT2D eigenvalue weighted by Gasteiger charge is -2.17. The average molecular weight is 270 g/mol. The smallest absolute Gasteiger partial charge is 0.227 e. The minimum Gasteiger partial charge on any atom is -0.383 e. The van der Waals surface area contributed by atoms with Crippen LogP contribution in [0.1, 0.15) is 12.0 Å². The molecular weight excluding hydrogens is 252 g/mol. The van der Waals surface area contributed by atoms with E-state index in [1.54, 1.807) is 6.20 Å². The molecule has 20 heavy (non-hydrogen) atoms. The zero-order valence-electron chi connectivity index (χ0n) is 11.2. The zero-order chi connectivity index (χ0) is 14.1. The zero-order valence-corrected chi connectivity index (χ0v) is 11.2. The molecule has 0 bridgehead atoms. The number of benzene rings is 1. The molecule has 4 N–H and O–H groups in total. The molecule has 1 fully saturated rings. The summed E-state index contributed by atoms with van der Waals surface area (Å²) in [5.41, 5.74) is 12.6. The first-order valence-electron chi connectivity index (χ1n) is 6.81. The van der Waals surface area contributed by atoms with Crippen LogP contribution in [0, 0.1) is 5.92 Å². The van der Waals surface area contributed by atoms with Crippen molar-refractivity contribution in [2.24, 2.45) is 11.7 Å². The molecule has 0 saturated carbocycles. The summed E-state index contributed by atoms with van der Waals surface area (Å²) in [6.45, 7) is 1.82. The van der Waals surface area contributed by atoms with Gasteiger partial charge in [0.2, 0.25) is 5.91 Å². The van der Waals surface area contributed by atoms with Crippen molar-refractivity contribution in [3.63, 3.8) is 0 Å². The lowest BCUT2D eigenvalue weighted by molar-refractivity contribution is -0.131. The highest BCUT2D eigenvalue weighted by Gasteiger charge is 2.30. The van der Waals surface area contributed by atoms with Gasteiger partial charge in [-0.25, -0.2) is 4.98 Å². The van der Waals surface area contributed by atoms with Gasteiger partial charge in [0.25, 0.3) is 0 Å². The van der Waals surface area contributed by atoms with Crippen molar-refractivity contribution in [2.75, 3.05) is 18.8 Å². The van der Waals surface area contributed by atoms with Gasteiger partial charge in [-0.3, -0.25) is 4.79 Å². The van der Waals surface area contributed by atoms with Crippen LogP contribution in [0.25, 0.3) is 10.8 Å². The number of nitrogen functional groups attached to an aromatic ring is 1. The monoisotopic (exact) mass is 270 g/mol. The Morgan fingerprint density at radius 2 is 2.20 bits per heavy atom. The predicted molar refractivity (Wildman–Crippen MR) is 78.7 cm³/mol. The molecule has 0 radical (unpaired) electrons. The van der Waals surface area contributed by atoms with E-state index in [-0.39, 0.29) is 11.8 Å². The number of nitrogens with zero attached hydrogens (tertiary/aromatic N) is 2. The van der Waals surface area contributed by atoms with E-state index in [0.29, 0.717) is 18.9 Å². The third-order valence-electron chi connectivity index (χ3n) is 3.93. The Balaban J connectivity index is 1.85. The van der Waals surface area contributed by atoms with Crippen molar-refractivity contribution < 1.29 is 4.79 Å². The molecule has 1 aliphatic rings. The molecule has 0 unspecified atom stereocenters. The fraction of sp³-hybridized carbons (Fsp3) is 0.333. The number of likely N-dealkylation sites (tertiary alicyclic amines) is 1. The van der Waals surface area contributed by atoms with Crippen LogP contribution in [-0.4, -0.2) is 28.9 Å². The van der Waals surface area contributed by atoms with Crippen LogP contribution in [0.15, 0.2) is 30.5 Å². The Kier molecular flexibility index (Phi) is 3.28. The molecule has 1 atom stereocenters. The van der Waals surface area contributed by atoms with E-state index in [0.717, 1.165) is 29.3 Å². The Bertz CT molecular complexity index is 655. The molecule has 0 aliphatic carbocycles. The second-order valence-electron chi connectivity index (χ2n) is 5.23. The lowest BCUT2D eigenvalue weighted by atomic mass is 10.1. The summed E-state index contributed by atoms with van der Waals surface area (Å²) in [7, 11) is 0. The maximum atomic E-state index is 12.1. The topological polar surface area (TPSA) is 85.2 Å². The summed E-state index contributed by atoms with van der Waals surface area (Å²) in [5, 5.41) is 2.00. The van der Waals surface area contributed by atoms with Crippen LogP contribution in [0.2, 0.25) is 0 Å². The number of aromatic nitrogens is 1. The summed E-state index contributed by atoms with van der Waals surface area (Å²) in [6, 6.07) is 8.00. The number of carbonyl (C=O) groups excluding carboxylic acids is 1. The molecule has 1 amide bonds. The van der Waals surface area contributed by atoms with Crippen molar-refractivity contribution in [1.82, 2.24) is 9.88 Å². The first kappa shape index (κ1) is 12.9. The molecule has 0 spiro atoms. The highest BCUT2D eigenvalue weighted by Crippen LogP contribution is 2.23. The lowest BCUT2D eigenvalue weighted by Crippen LogP contribution is -2.29. The number of hydrogen-bond donors (Lipinski definition) is 2. The van der Waals surface area contributed by atoms with E-state index in [2.05, 4.69) is 4.98 Å². The van der Waals surface area contributed by atoms with E-state index in [1.165, 1.54) is 0 Å². The highest BCUT2D eigenvalue weighted by molar-refractivity contribution is 5.91. The number of hydrogen-bond acceptors (Lipinski definition) is 4. The van der Waals surface area contributed by atoms with E-state index in [1.807, 2.05) is 29.2 Å². The van der Waals surface area contributed by atoms with Crippen molar-refractivity contribution >= 4 is 22.5 Å². The van der Waals surface area contributed by atoms with Gasteiger partial charge in [-0.15, -0.1) is 0 Å². The largest absolute Gasteiger partial charge is 0.383 e. The number of anilines is 1. The van der Waals surface area contributed by atoms with Gasteiger partial charge in [-0.2, -0.15) is 0 Å². The van der Waals surface area contributed by atoms with Gasteiger partial charge in [-0.1, -0.05) is 12.1 Å². The van der Waals surface area contributed by atoms with Gasteiger partial charge in [0.1, 0.15) is 5.82 Å². The van der Waals surface area contributed by atoms with Crippen molar-refractivity contribution in [1.29, 1.82) is 0 Å². The first-order chi connectivity index (χ1) is 9.69. The van der Waals surface area contributed by atoms with Crippen LogP contribution in [-0.2, 0) is 11.3 Å². The molecule has 5 nitrogen and oxygen atoms in total. The highest BCUT2D eigenvalue weighted by atomic mass is 16.2. The molecule has 2 aromatic rings. The molecule has 1 aromatic carbocycles. The van der Waals surface area contributed by atoms with E-state index < -0.39 is 0 Å². The number of rotatable bonds is 3. The fourth-order valence-corrected chi connectivity index (χ4v) is 2.74. The van der Waals surface area contributed by atoms with Crippen LogP contribution >= 0.6 is 0 Å². The molecular formula is C15H18N4O. The standard InChI is InChI=1S/C15H18N4O/c16-8-12-4-6-19(15(12)20)9-10-1-2-11-3-5-18-14(17)13(11)7-10/h1-3,5,7,12H,4,6,8-9,16H2,(H2,17,18)/t12-/m0/s1. The summed E-state index contributed by atoms with van der Waals surface area (Å²) >= 11 is 0. The third-order valence-corrected chi connectivity index (χ3v) is 3.93. The summed E-state index contributed by atoms with van der Waals surface area (Å²) < 4.78 is 0. The molecule has 1 aliphatic heterocycles. The minimum absolute atomic E-state index is 0.0119. The maximum absolute atomic E-state index is 12.1. The van der Waals surface area contributed by atoms with Crippen molar-refractivity contribution in [3.05, 3.63) is 36.0 Å². The number of pyridine rings is 1. The molecule has 1 saturated heterocycles. The van der Waals surface area contributed by atoms with Crippen LogP contribution in [0.5, 0.6) is 0 Å². The van der Waals surface area contributed by atoms with Crippen LogP contribution < -0.4 is 11.5 Å². The molecule has 104 valence electrons. The Morgan fingerprint density at radius 1 is 1.35 bits per heavy atom. The molecule has 1 aromatic heterocycles. The fourth-order valence-electron chi connectivity index (χ4n) is 2.74. The third kappa shape index (κ3) is 2.20. The van der Waals surface area contributed by atoms with E-state index in [4.69, 9.17) is 11.5 Å². The SMILES string of the molecule is NC[C@@H]1CCN(Cc2ccc3ccnc(N)c3c2)C1=O. The number of amides is 1. The molecule has 5 heteroatoms. The van der Waals surface area contributed by atoms with E-state index >= 15 is 0 Å². The van der Waals surface area contributed by atoms with Gasteiger partial charge in [-0.05, 0) is 29.5 Å². The van der Waals surface area contributed by atoms with Crippen LogP contribution in [0.3, 0.4) is 0 Å². The normalized spacial score (nSPS) is 18.9. The van der Waals surface area contributed by atoms with Crippen LogP contribution in [0.4, 0.5) is 5.82 Å². The maximum Gasteiger partial charge on any atom is 0.227 e. The molecule has 2 heterocycles. The van der Waals surface area contributed by atoms with Gasteiger partial charge in [0.05, 0.1) is 5.92 Å². The van der Waals surface area contributed by atoms with E-state index in [9.17, 15) is 4.79 Å². The summed E-state index contributed by atoms with van der Waals surface area (Å²) in [4.78, 5) is 18.0. The summed E-state index contributed by atoms with van der Waals surface area (Å²) in [6.07, 6.45) is 2.56. The Morgan fingerprint density at radius 3 is 2.95 bits per heavy atom. The minimum atomic E-state index is -0.0119. The van der Waals surface area contributed by atoms with Gasteiger partial charge >= 0.3 is 0 Å². The predicted octanol–water partition coefficient (Wildman–Crippen LogP) is 1.12. The number of fused-ring (bicyclic) bond motifs is 1. The van der Waals surface area contributed by atoms with Crippen molar-refractivity contribution in [2.45, 2.75) is 13.0 Å². The second kappa shape index (κ2) is 5.09. The Hall–Kier alpha value is -2.14. The van der Waals surface area contributed by atoms with Gasteiger partial charge < -0.3 is 16.4 Å². The average Bonchev–Trinajstić information content (AvgIpc) is 2.80. The molecule has 3 rings (SSSR count).